The molecule has 1 heterocycles. The smallest absolute Gasteiger partial charge is 0.262 e. The molecule has 0 atom stereocenters. The molecule has 8 heteroatoms. The number of sulfonamides is 1. The predicted octanol–water partition coefficient (Wildman–Crippen LogP) is 2.57. The van der Waals surface area contributed by atoms with Crippen LogP contribution < -0.4 is 20.3 Å². The molecule has 0 saturated carbocycles. The number of carbonyl (C=O) groups is 1. The average molecular weight is 431 g/mol. The number of rotatable bonds is 6. The minimum atomic E-state index is -3.79. The molecule has 0 radical (unpaired) electrons. The van der Waals surface area contributed by atoms with Crippen LogP contribution in [0.5, 0.6) is 0 Å². The molecule has 0 aliphatic carbocycles. The first-order chi connectivity index (χ1) is 14.2. The van der Waals surface area contributed by atoms with Gasteiger partial charge in [0.2, 0.25) is 0 Å². The SMILES string of the molecule is CCNC(=O)c1cc(NS(=O)(=O)c2c(C)cc(C)cc2C)ccc1N1CCNCC1. The molecule has 2 aromatic carbocycles. The van der Waals surface area contributed by atoms with Crippen molar-refractivity contribution in [2.45, 2.75) is 32.6 Å². The van der Waals surface area contributed by atoms with Crippen molar-refractivity contribution in [2.75, 3.05) is 42.3 Å². The van der Waals surface area contributed by atoms with Crippen molar-refractivity contribution < 1.29 is 13.2 Å². The zero-order valence-electron chi connectivity index (χ0n) is 18.0. The van der Waals surface area contributed by atoms with Crippen LogP contribution >= 0.6 is 0 Å². The molecule has 0 bridgehead atoms. The number of piperazine rings is 1. The van der Waals surface area contributed by atoms with Crippen molar-refractivity contribution in [1.29, 1.82) is 0 Å². The Hall–Kier alpha value is -2.58. The summed E-state index contributed by atoms with van der Waals surface area (Å²) in [5, 5.41) is 6.13. The lowest BCUT2D eigenvalue weighted by atomic mass is 10.1. The van der Waals surface area contributed by atoms with Crippen LogP contribution in [0.15, 0.2) is 35.2 Å². The number of anilines is 2. The van der Waals surface area contributed by atoms with E-state index < -0.39 is 10.0 Å². The highest BCUT2D eigenvalue weighted by atomic mass is 32.2. The third-order valence-electron chi connectivity index (χ3n) is 5.16. The first-order valence-corrected chi connectivity index (χ1v) is 11.7. The van der Waals surface area contributed by atoms with Crippen LogP contribution in [0.3, 0.4) is 0 Å². The third-order valence-corrected chi connectivity index (χ3v) is 6.85. The minimum absolute atomic E-state index is 0.213. The van der Waals surface area contributed by atoms with Gasteiger partial charge < -0.3 is 15.5 Å². The van der Waals surface area contributed by atoms with E-state index in [2.05, 4.69) is 20.3 Å². The molecule has 30 heavy (non-hydrogen) atoms. The van der Waals surface area contributed by atoms with E-state index in [1.807, 2.05) is 32.0 Å². The summed E-state index contributed by atoms with van der Waals surface area (Å²) >= 11 is 0. The number of amides is 1. The normalized spacial score (nSPS) is 14.5. The Labute approximate surface area is 178 Å². The maximum absolute atomic E-state index is 13.1. The van der Waals surface area contributed by atoms with Gasteiger partial charge in [-0.05, 0) is 57.0 Å². The molecule has 162 valence electrons. The number of nitrogens with one attached hydrogen (secondary N) is 3. The topological polar surface area (TPSA) is 90.5 Å². The van der Waals surface area contributed by atoms with Crippen LogP contribution in [0.25, 0.3) is 0 Å². The Bertz CT molecular complexity index is 1020. The zero-order chi connectivity index (χ0) is 21.9. The number of benzene rings is 2. The zero-order valence-corrected chi connectivity index (χ0v) is 18.8. The first kappa shape index (κ1) is 22.1. The standard InChI is InChI=1S/C22H30N4O3S/c1-5-24-22(27)19-14-18(6-7-20(19)26-10-8-23-9-11-26)25-30(28,29)21-16(3)12-15(2)13-17(21)4/h6-7,12-14,23,25H,5,8-11H2,1-4H3,(H,24,27). The van der Waals surface area contributed by atoms with Crippen molar-refractivity contribution in [3.05, 3.63) is 52.6 Å². The maximum Gasteiger partial charge on any atom is 0.262 e. The Balaban J connectivity index is 1.98. The van der Waals surface area contributed by atoms with E-state index in [9.17, 15) is 13.2 Å². The van der Waals surface area contributed by atoms with E-state index in [1.54, 1.807) is 26.0 Å². The molecule has 2 aromatic rings. The molecular weight excluding hydrogens is 400 g/mol. The number of carbonyl (C=O) groups excluding carboxylic acids is 1. The van der Waals surface area contributed by atoms with Crippen LogP contribution in [0.1, 0.15) is 34.0 Å². The Morgan fingerprint density at radius 2 is 1.70 bits per heavy atom. The molecule has 7 nitrogen and oxygen atoms in total. The molecule has 3 rings (SSSR count). The molecule has 0 unspecified atom stereocenters. The van der Waals surface area contributed by atoms with Gasteiger partial charge in [0.25, 0.3) is 15.9 Å². The van der Waals surface area contributed by atoms with Gasteiger partial charge in [0.15, 0.2) is 0 Å². The van der Waals surface area contributed by atoms with Gasteiger partial charge in [0.1, 0.15) is 0 Å². The van der Waals surface area contributed by atoms with E-state index >= 15 is 0 Å². The van der Waals surface area contributed by atoms with Gasteiger partial charge in [-0.1, -0.05) is 17.7 Å². The number of nitrogens with zero attached hydrogens (tertiary/aromatic N) is 1. The highest BCUT2D eigenvalue weighted by Crippen LogP contribution is 2.28. The average Bonchev–Trinajstić information content (AvgIpc) is 2.67. The van der Waals surface area contributed by atoms with Crippen LogP contribution in [0.4, 0.5) is 11.4 Å². The van der Waals surface area contributed by atoms with E-state index in [4.69, 9.17) is 0 Å². The predicted molar refractivity (Wildman–Crippen MR) is 121 cm³/mol. The fourth-order valence-electron chi connectivity index (χ4n) is 4.02. The second-order valence-corrected chi connectivity index (χ2v) is 9.28. The highest BCUT2D eigenvalue weighted by molar-refractivity contribution is 7.92. The monoisotopic (exact) mass is 430 g/mol. The second kappa shape index (κ2) is 9.06. The molecule has 1 amide bonds. The lowest BCUT2D eigenvalue weighted by Crippen LogP contribution is -2.44. The molecule has 1 fully saturated rings. The van der Waals surface area contributed by atoms with E-state index in [0.717, 1.165) is 37.4 Å². The molecule has 1 aliphatic heterocycles. The summed E-state index contributed by atoms with van der Waals surface area (Å²) in [4.78, 5) is 15.1. The summed E-state index contributed by atoms with van der Waals surface area (Å²) in [6.45, 7) is 11.2. The van der Waals surface area contributed by atoms with E-state index in [0.29, 0.717) is 28.9 Å². The summed E-state index contributed by atoms with van der Waals surface area (Å²) in [6, 6.07) is 8.88. The second-order valence-electron chi connectivity index (χ2n) is 7.66. The Morgan fingerprint density at radius 3 is 2.30 bits per heavy atom. The number of aryl methyl sites for hydroxylation is 3. The van der Waals surface area contributed by atoms with E-state index in [-0.39, 0.29) is 10.8 Å². The van der Waals surface area contributed by atoms with Crippen LogP contribution in [-0.2, 0) is 10.0 Å². The van der Waals surface area contributed by atoms with Crippen LogP contribution in [-0.4, -0.2) is 47.0 Å². The van der Waals surface area contributed by atoms with Crippen molar-refractivity contribution >= 4 is 27.3 Å². The van der Waals surface area contributed by atoms with Gasteiger partial charge >= 0.3 is 0 Å². The molecule has 1 aliphatic rings. The summed E-state index contributed by atoms with van der Waals surface area (Å²) in [5.41, 5.74) is 4.06. The van der Waals surface area contributed by atoms with Crippen molar-refractivity contribution in [3.63, 3.8) is 0 Å². The van der Waals surface area contributed by atoms with Gasteiger partial charge in [0, 0.05) is 44.1 Å². The molecule has 1 saturated heterocycles. The quantitative estimate of drug-likeness (QED) is 0.655. The fraction of sp³-hybridized carbons (Fsp3) is 0.409. The molecule has 0 aromatic heterocycles. The summed E-state index contributed by atoms with van der Waals surface area (Å²) in [5.74, 6) is -0.213. The molecule has 3 N–H and O–H groups in total. The number of hydrogen-bond donors (Lipinski definition) is 3. The van der Waals surface area contributed by atoms with Gasteiger partial charge in [0.05, 0.1) is 10.5 Å². The molecular formula is C22H30N4O3S. The summed E-state index contributed by atoms with van der Waals surface area (Å²) in [6.07, 6.45) is 0. The van der Waals surface area contributed by atoms with Crippen molar-refractivity contribution in [1.82, 2.24) is 10.6 Å². The van der Waals surface area contributed by atoms with Crippen LogP contribution in [0, 0.1) is 20.8 Å². The Morgan fingerprint density at radius 1 is 1.07 bits per heavy atom. The summed E-state index contributed by atoms with van der Waals surface area (Å²) in [7, 11) is -3.79. The highest BCUT2D eigenvalue weighted by Gasteiger charge is 2.23. The largest absolute Gasteiger partial charge is 0.368 e. The number of hydrogen-bond acceptors (Lipinski definition) is 5. The Kier molecular flexibility index (Phi) is 6.67. The minimum Gasteiger partial charge on any atom is -0.368 e. The third kappa shape index (κ3) is 4.76. The van der Waals surface area contributed by atoms with Gasteiger partial charge in [-0.2, -0.15) is 0 Å². The lowest BCUT2D eigenvalue weighted by Gasteiger charge is -2.31. The molecule has 0 spiro atoms. The van der Waals surface area contributed by atoms with Gasteiger partial charge in [-0.15, -0.1) is 0 Å². The van der Waals surface area contributed by atoms with Crippen molar-refractivity contribution in [2.24, 2.45) is 0 Å². The van der Waals surface area contributed by atoms with Gasteiger partial charge in [-0.3, -0.25) is 9.52 Å². The maximum atomic E-state index is 13.1. The fourth-order valence-corrected chi connectivity index (χ4v) is 5.52. The summed E-state index contributed by atoms with van der Waals surface area (Å²) < 4.78 is 28.9. The van der Waals surface area contributed by atoms with E-state index in [1.165, 1.54) is 0 Å². The van der Waals surface area contributed by atoms with Gasteiger partial charge in [-0.25, -0.2) is 8.42 Å². The van der Waals surface area contributed by atoms with Crippen molar-refractivity contribution in [3.8, 4) is 0 Å². The van der Waals surface area contributed by atoms with Crippen LogP contribution in [0.2, 0.25) is 0 Å². The first-order valence-electron chi connectivity index (χ1n) is 10.2. The lowest BCUT2D eigenvalue weighted by molar-refractivity contribution is 0.0956.